The summed E-state index contributed by atoms with van der Waals surface area (Å²) in [4.78, 5) is 26.9. The van der Waals surface area contributed by atoms with Crippen molar-refractivity contribution in [3.63, 3.8) is 0 Å². The van der Waals surface area contributed by atoms with Gasteiger partial charge in [0.1, 0.15) is 6.04 Å². The van der Waals surface area contributed by atoms with Crippen molar-refractivity contribution in [1.82, 2.24) is 10.2 Å². The smallest absolute Gasteiger partial charge is 0.243 e. The topological polar surface area (TPSA) is 58.6 Å². The third-order valence-corrected chi connectivity index (χ3v) is 4.79. The third-order valence-electron chi connectivity index (χ3n) is 4.79. The first kappa shape index (κ1) is 14.8. The van der Waals surface area contributed by atoms with Crippen LogP contribution in [0.4, 0.5) is 0 Å². The fourth-order valence-corrected chi connectivity index (χ4v) is 4.07. The highest BCUT2D eigenvalue weighted by Crippen LogP contribution is 2.50. The number of amides is 2. The highest BCUT2D eigenvalue weighted by atomic mass is 16.5. The molecule has 3 aliphatic rings. The molecule has 5 heteroatoms. The molecule has 0 aromatic heterocycles. The zero-order valence-electron chi connectivity index (χ0n) is 13.6. The van der Waals surface area contributed by atoms with Crippen LogP contribution in [0.5, 0.6) is 0 Å². The van der Waals surface area contributed by atoms with E-state index in [1.807, 2.05) is 34.6 Å². The van der Waals surface area contributed by atoms with Crippen molar-refractivity contribution in [3.05, 3.63) is 0 Å². The van der Waals surface area contributed by atoms with Crippen LogP contribution in [0.2, 0.25) is 0 Å². The van der Waals surface area contributed by atoms with Crippen LogP contribution in [0.25, 0.3) is 0 Å². The molecule has 0 aliphatic carbocycles. The predicted octanol–water partition coefficient (Wildman–Crippen LogP) is 1.31. The summed E-state index contributed by atoms with van der Waals surface area (Å²) in [7, 11) is 0. The van der Waals surface area contributed by atoms with Gasteiger partial charge in [0.25, 0.3) is 0 Å². The Hall–Kier alpha value is -1.10. The lowest BCUT2D eigenvalue weighted by atomic mass is 9.74. The van der Waals surface area contributed by atoms with Crippen molar-refractivity contribution in [1.29, 1.82) is 0 Å². The largest absolute Gasteiger partial charge is 0.372 e. The Labute approximate surface area is 126 Å². The standard InChI is InChI=1S/C16H26N2O3/c1-8(2)12(14(19)17-16(3,4)5)18-13-10-7-6-9(21-10)11(13)15(18)20/h8-13H,6-7H2,1-5H3,(H,17,19)/t9-,10+,11-,12?,13+/m0/s1. The van der Waals surface area contributed by atoms with Crippen LogP contribution in [0.3, 0.4) is 0 Å². The van der Waals surface area contributed by atoms with E-state index in [2.05, 4.69) is 5.32 Å². The van der Waals surface area contributed by atoms with Gasteiger partial charge in [0, 0.05) is 5.54 Å². The minimum Gasteiger partial charge on any atom is -0.372 e. The predicted molar refractivity (Wildman–Crippen MR) is 78.5 cm³/mol. The van der Waals surface area contributed by atoms with Gasteiger partial charge in [-0.05, 0) is 39.5 Å². The summed E-state index contributed by atoms with van der Waals surface area (Å²) in [5, 5.41) is 3.02. The molecule has 0 spiro atoms. The number of nitrogens with one attached hydrogen (secondary N) is 1. The number of ether oxygens (including phenoxy) is 1. The molecule has 2 amide bonds. The van der Waals surface area contributed by atoms with Crippen molar-refractivity contribution in [2.45, 2.75) is 77.3 Å². The maximum Gasteiger partial charge on any atom is 0.243 e. The molecule has 1 unspecified atom stereocenters. The van der Waals surface area contributed by atoms with Crippen LogP contribution in [-0.4, -0.2) is 46.5 Å². The van der Waals surface area contributed by atoms with Crippen molar-refractivity contribution in [3.8, 4) is 0 Å². The molecule has 3 rings (SSSR count). The van der Waals surface area contributed by atoms with E-state index in [1.54, 1.807) is 4.90 Å². The summed E-state index contributed by atoms with van der Waals surface area (Å²) in [5.41, 5.74) is -0.289. The Morgan fingerprint density at radius 2 is 1.90 bits per heavy atom. The van der Waals surface area contributed by atoms with E-state index < -0.39 is 0 Å². The van der Waals surface area contributed by atoms with E-state index in [1.165, 1.54) is 0 Å². The summed E-state index contributed by atoms with van der Waals surface area (Å²) in [5.74, 6) is 0.158. The van der Waals surface area contributed by atoms with Crippen LogP contribution in [0.1, 0.15) is 47.5 Å². The monoisotopic (exact) mass is 294 g/mol. The second kappa shape index (κ2) is 4.70. The van der Waals surface area contributed by atoms with E-state index in [0.717, 1.165) is 12.8 Å². The Bertz CT molecular complexity index is 469. The fraction of sp³-hybridized carbons (Fsp3) is 0.875. The number of β-lactam (4-membered cyclic amide) rings is 1. The van der Waals surface area contributed by atoms with Crippen molar-refractivity contribution in [2.75, 3.05) is 0 Å². The first-order valence-electron chi connectivity index (χ1n) is 8.00. The zero-order valence-corrected chi connectivity index (χ0v) is 13.6. The van der Waals surface area contributed by atoms with Gasteiger partial charge in [-0.3, -0.25) is 9.59 Å². The maximum absolute atomic E-state index is 12.6. The second-order valence-corrected chi connectivity index (χ2v) is 7.98. The summed E-state index contributed by atoms with van der Waals surface area (Å²) in [6.07, 6.45) is 2.25. The lowest BCUT2D eigenvalue weighted by molar-refractivity contribution is -0.168. The Kier molecular flexibility index (Phi) is 3.32. The molecular formula is C16H26N2O3. The van der Waals surface area contributed by atoms with Gasteiger partial charge in [0.15, 0.2) is 0 Å². The van der Waals surface area contributed by atoms with Crippen LogP contribution in [0.15, 0.2) is 0 Å². The van der Waals surface area contributed by atoms with Crippen LogP contribution in [0, 0.1) is 11.8 Å². The minimum atomic E-state index is -0.388. The van der Waals surface area contributed by atoms with Crippen molar-refractivity contribution >= 4 is 11.8 Å². The van der Waals surface area contributed by atoms with Crippen molar-refractivity contribution in [2.24, 2.45) is 11.8 Å². The van der Waals surface area contributed by atoms with Gasteiger partial charge < -0.3 is 15.0 Å². The van der Waals surface area contributed by atoms with E-state index in [0.29, 0.717) is 0 Å². The van der Waals surface area contributed by atoms with Gasteiger partial charge >= 0.3 is 0 Å². The van der Waals surface area contributed by atoms with Gasteiger partial charge in [0.05, 0.1) is 24.2 Å². The van der Waals surface area contributed by atoms with E-state index in [9.17, 15) is 9.59 Å². The summed E-state index contributed by atoms with van der Waals surface area (Å²) < 4.78 is 5.88. The lowest BCUT2D eigenvalue weighted by Crippen LogP contribution is -2.71. The molecule has 3 aliphatic heterocycles. The molecule has 2 bridgehead atoms. The first-order chi connectivity index (χ1) is 9.70. The molecule has 3 fully saturated rings. The average molecular weight is 294 g/mol. The zero-order chi connectivity index (χ0) is 15.5. The molecule has 3 heterocycles. The van der Waals surface area contributed by atoms with E-state index in [4.69, 9.17) is 4.74 Å². The summed E-state index contributed by atoms with van der Waals surface area (Å²) >= 11 is 0. The number of carbonyl (C=O) groups is 2. The highest BCUT2D eigenvalue weighted by molar-refractivity contribution is 5.94. The molecule has 5 nitrogen and oxygen atoms in total. The molecule has 21 heavy (non-hydrogen) atoms. The number of hydrogen-bond acceptors (Lipinski definition) is 3. The molecule has 5 atom stereocenters. The summed E-state index contributed by atoms with van der Waals surface area (Å²) in [6, 6.07) is -0.268. The molecule has 0 aromatic carbocycles. The van der Waals surface area contributed by atoms with E-state index in [-0.39, 0.29) is 53.5 Å². The number of likely N-dealkylation sites (tertiary alicyclic amines) is 1. The molecule has 0 aromatic rings. The molecular weight excluding hydrogens is 268 g/mol. The van der Waals surface area contributed by atoms with E-state index >= 15 is 0 Å². The molecule has 1 N–H and O–H groups in total. The van der Waals surface area contributed by atoms with Gasteiger partial charge in [-0.25, -0.2) is 0 Å². The Morgan fingerprint density at radius 1 is 1.29 bits per heavy atom. The van der Waals surface area contributed by atoms with Gasteiger partial charge in [0.2, 0.25) is 11.8 Å². The van der Waals surface area contributed by atoms with Crippen LogP contribution in [-0.2, 0) is 14.3 Å². The fourth-order valence-electron chi connectivity index (χ4n) is 4.07. The molecule has 0 radical (unpaired) electrons. The summed E-state index contributed by atoms with van der Waals surface area (Å²) in [6.45, 7) is 9.89. The number of hydrogen-bond donors (Lipinski definition) is 1. The first-order valence-corrected chi connectivity index (χ1v) is 8.00. The molecule has 0 saturated carbocycles. The average Bonchev–Trinajstić information content (AvgIpc) is 2.89. The quantitative estimate of drug-likeness (QED) is 0.799. The Balaban J connectivity index is 1.79. The highest BCUT2D eigenvalue weighted by Gasteiger charge is 2.65. The second-order valence-electron chi connectivity index (χ2n) is 7.98. The number of nitrogens with zero attached hydrogens (tertiary/aromatic N) is 1. The number of rotatable bonds is 3. The maximum atomic E-state index is 12.6. The molecule has 118 valence electrons. The normalized spacial score (nSPS) is 35.7. The van der Waals surface area contributed by atoms with Gasteiger partial charge in [-0.2, -0.15) is 0 Å². The van der Waals surface area contributed by atoms with Gasteiger partial charge in [-0.1, -0.05) is 13.8 Å². The van der Waals surface area contributed by atoms with Crippen LogP contribution >= 0.6 is 0 Å². The number of carbonyl (C=O) groups excluding carboxylic acids is 2. The van der Waals surface area contributed by atoms with Gasteiger partial charge in [-0.15, -0.1) is 0 Å². The SMILES string of the molecule is CC(C)C(C(=O)NC(C)(C)C)N1C(=O)[C@@H]2[C@H]1[C@H]1CC[C@@H]2O1. The molecule has 3 saturated heterocycles. The lowest BCUT2D eigenvalue weighted by Gasteiger charge is -2.52. The van der Waals surface area contributed by atoms with Crippen molar-refractivity contribution < 1.29 is 14.3 Å². The Morgan fingerprint density at radius 3 is 2.48 bits per heavy atom. The minimum absolute atomic E-state index is 0.00689. The number of fused-ring (bicyclic) bond motifs is 5. The third kappa shape index (κ3) is 2.26. The van der Waals surface area contributed by atoms with Crippen LogP contribution < -0.4 is 5.32 Å².